The second-order valence-corrected chi connectivity index (χ2v) is 10.5. The first-order valence-corrected chi connectivity index (χ1v) is 13.0. The van der Waals surface area contributed by atoms with Gasteiger partial charge in [-0.25, -0.2) is 8.42 Å². The van der Waals surface area contributed by atoms with E-state index in [1.54, 1.807) is 0 Å². The minimum Gasteiger partial charge on any atom is -0.348 e. The number of carbonyl (C=O) groups excluding carboxylic acids is 1. The number of sulfone groups is 1. The van der Waals surface area contributed by atoms with E-state index < -0.39 is 33.0 Å². The number of amides is 1. The van der Waals surface area contributed by atoms with Crippen LogP contribution in [0.2, 0.25) is 0 Å². The third-order valence-corrected chi connectivity index (χ3v) is 6.90. The summed E-state index contributed by atoms with van der Waals surface area (Å²) in [7, 11) is -3.39. The Morgan fingerprint density at radius 3 is 2.33 bits per heavy atom. The summed E-state index contributed by atoms with van der Waals surface area (Å²) in [5.41, 5.74) is -0.670. The van der Waals surface area contributed by atoms with Crippen LogP contribution in [0.5, 0.6) is 0 Å². The van der Waals surface area contributed by atoms with E-state index in [9.17, 15) is 31.2 Å². The fraction of sp³-hybridized carbons (Fsp3) is 0.154. The van der Waals surface area contributed by atoms with Gasteiger partial charge in [0.25, 0.3) is 11.5 Å². The van der Waals surface area contributed by atoms with E-state index >= 15 is 0 Å². The fourth-order valence-corrected chi connectivity index (χ4v) is 4.46. The van der Waals surface area contributed by atoms with Crippen molar-refractivity contribution in [3.63, 3.8) is 0 Å². The van der Waals surface area contributed by atoms with Crippen molar-refractivity contribution < 1.29 is 64.1 Å². The van der Waals surface area contributed by atoms with E-state index in [0.29, 0.717) is 16.8 Å². The van der Waals surface area contributed by atoms with Gasteiger partial charge >= 0.3 is 6.18 Å². The Kier molecular flexibility index (Phi) is 9.37. The monoisotopic (exact) mass is 582 g/mol. The van der Waals surface area contributed by atoms with Crippen LogP contribution in [0, 0.1) is 44.7 Å². The maximum absolute atomic E-state index is 13.5. The Hall–Kier alpha value is -3.06. The van der Waals surface area contributed by atoms with Crippen molar-refractivity contribution >= 4 is 15.7 Å². The predicted octanol–water partition coefficient (Wildman–Crippen LogP) is 3.96. The standard InChI is InChI=1S/C26H21F3N4O4S.Ar/c1-16-21(23-15-30-10-11-31-23)13-22(24(34)32-14-17-6-8-20(9-7-17)38(2,36)37)25(35)33(16)19-5-3-4-18(12-19)26(27,28)29;/h3-13,15H,14H2,1-2H3,(H,32,34);. The molecular weight excluding hydrogens is 561 g/mol. The quantitative estimate of drug-likeness (QED) is 0.369. The second-order valence-electron chi connectivity index (χ2n) is 8.44. The van der Waals surface area contributed by atoms with E-state index in [2.05, 4.69) is 15.3 Å². The molecule has 39 heavy (non-hydrogen) atoms. The van der Waals surface area contributed by atoms with E-state index in [1.807, 2.05) is 0 Å². The van der Waals surface area contributed by atoms with Gasteiger partial charge in [0.1, 0.15) is 5.56 Å². The van der Waals surface area contributed by atoms with Crippen LogP contribution in [0.15, 0.2) is 82.9 Å². The molecule has 1 amide bonds. The summed E-state index contributed by atoms with van der Waals surface area (Å²) in [6.07, 6.45) is 0.696. The van der Waals surface area contributed by atoms with Crippen LogP contribution in [-0.2, 0) is 22.6 Å². The molecule has 2 aromatic heterocycles. The van der Waals surface area contributed by atoms with Crippen molar-refractivity contribution in [2.24, 2.45) is 0 Å². The van der Waals surface area contributed by atoms with Gasteiger partial charge in [-0.1, -0.05) is 18.2 Å². The molecule has 0 aliphatic heterocycles. The van der Waals surface area contributed by atoms with Crippen LogP contribution < -0.4 is 10.9 Å². The number of nitrogens with one attached hydrogen (secondary N) is 1. The number of carbonyl (C=O) groups is 1. The van der Waals surface area contributed by atoms with E-state index in [0.717, 1.165) is 23.0 Å². The zero-order valence-corrected chi connectivity index (χ0v) is 22.0. The first-order valence-electron chi connectivity index (χ1n) is 11.1. The third-order valence-electron chi connectivity index (χ3n) is 5.77. The van der Waals surface area contributed by atoms with Gasteiger partial charge in [-0.15, -0.1) is 0 Å². The van der Waals surface area contributed by atoms with Gasteiger partial charge in [0, 0.05) is 79.9 Å². The van der Waals surface area contributed by atoms with Crippen molar-refractivity contribution in [3.05, 3.63) is 106 Å². The molecule has 1 N–H and O–H groups in total. The number of halogens is 3. The normalized spacial score (nSPS) is 11.5. The van der Waals surface area contributed by atoms with E-state index in [4.69, 9.17) is 0 Å². The van der Waals surface area contributed by atoms with Crippen LogP contribution in [-0.4, -0.2) is 35.1 Å². The number of hydrogen-bond donors (Lipinski definition) is 1. The smallest absolute Gasteiger partial charge is 0.348 e. The largest absolute Gasteiger partial charge is 0.416 e. The van der Waals surface area contributed by atoms with Crippen LogP contribution in [0.3, 0.4) is 0 Å². The maximum Gasteiger partial charge on any atom is 0.416 e. The predicted molar refractivity (Wildman–Crippen MR) is 134 cm³/mol. The summed E-state index contributed by atoms with van der Waals surface area (Å²) in [6.45, 7) is 1.51. The average Bonchev–Trinajstić information content (AvgIpc) is 2.87. The van der Waals surface area contributed by atoms with E-state index in [-0.39, 0.29) is 66.1 Å². The zero-order valence-electron chi connectivity index (χ0n) is 20.5. The van der Waals surface area contributed by atoms with Crippen molar-refractivity contribution in [1.29, 1.82) is 0 Å². The summed E-state index contributed by atoms with van der Waals surface area (Å²) in [5, 5.41) is 2.61. The van der Waals surface area contributed by atoms with Gasteiger partial charge < -0.3 is 5.32 Å². The maximum atomic E-state index is 13.5. The Labute approximate surface area is 251 Å². The van der Waals surface area contributed by atoms with Gasteiger partial charge in [0.05, 0.1) is 22.3 Å². The Morgan fingerprint density at radius 1 is 1.05 bits per heavy atom. The van der Waals surface area contributed by atoms with E-state index in [1.165, 1.54) is 68.0 Å². The number of aromatic nitrogens is 3. The summed E-state index contributed by atoms with van der Waals surface area (Å²) in [4.78, 5) is 34.9. The van der Waals surface area contributed by atoms with Gasteiger partial charge in [0.15, 0.2) is 9.84 Å². The molecule has 2 aromatic carbocycles. The Balaban J connectivity index is 0.00000420. The molecule has 2 heterocycles. The van der Waals surface area contributed by atoms with Crippen molar-refractivity contribution in [2.45, 2.75) is 24.5 Å². The average molecular weight is 582 g/mol. The molecule has 0 fully saturated rings. The van der Waals surface area contributed by atoms with Gasteiger partial charge in [0.2, 0.25) is 0 Å². The molecule has 8 nitrogen and oxygen atoms in total. The van der Waals surface area contributed by atoms with Crippen molar-refractivity contribution in [2.75, 3.05) is 6.26 Å². The minimum absolute atomic E-state index is 0. The molecule has 0 atom stereocenters. The fourth-order valence-electron chi connectivity index (χ4n) is 3.83. The molecule has 0 aliphatic rings. The first-order chi connectivity index (χ1) is 17.9. The number of rotatable bonds is 6. The molecule has 0 radical (unpaired) electrons. The molecule has 0 saturated carbocycles. The molecule has 4 aromatic rings. The summed E-state index contributed by atoms with van der Waals surface area (Å²) >= 11 is 0. The van der Waals surface area contributed by atoms with Crippen molar-refractivity contribution in [3.8, 4) is 16.9 Å². The van der Waals surface area contributed by atoms with Gasteiger partial charge in [-0.3, -0.25) is 24.1 Å². The molecule has 4 rings (SSSR count). The summed E-state index contributed by atoms with van der Waals surface area (Å²) < 4.78 is 64.5. The molecule has 0 aliphatic carbocycles. The van der Waals surface area contributed by atoms with Crippen LogP contribution in [0.4, 0.5) is 13.2 Å². The molecule has 13 heteroatoms. The molecule has 204 valence electrons. The number of nitrogens with zero attached hydrogens (tertiary/aromatic N) is 3. The summed E-state index contributed by atoms with van der Waals surface area (Å²) in [5.74, 6) is -0.770. The van der Waals surface area contributed by atoms with Crippen LogP contribution >= 0.6 is 0 Å². The topological polar surface area (TPSA) is 111 Å². The molecule has 0 spiro atoms. The molecular formula is C26H21ArF3N4O4S. The number of hydrogen-bond acceptors (Lipinski definition) is 6. The molecule has 0 unspecified atom stereocenters. The second kappa shape index (κ2) is 12.0. The third kappa shape index (κ3) is 6.93. The Morgan fingerprint density at radius 2 is 1.74 bits per heavy atom. The minimum atomic E-state index is -4.64. The zero-order chi connectivity index (χ0) is 27.7. The first kappa shape index (κ1) is 30.5. The van der Waals surface area contributed by atoms with Gasteiger partial charge in [-0.2, -0.15) is 13.2 Å². The van der Waals surface area contributed by atoms with Crippen molar-refractivity contribution in [1.82, 2.24) is 19.9 Å². The number of benzene rings is 2. The number of alkyl halides is 3. The number of pyridine rings is 1. The van der Waals surface area contributed by atoms with Crippen LogP contribution in [0.1, 0.15) is 27.2 Å². The Bertz CT molecular complexity index is 1670. The van der Waals surface area contributed by atoms with Gasteiger partial charge in [-0.05, 0) is 48.9 Å². The summed E-state index contributed by atoms with van der Waals surface area (Å²) in [6, 6.07) is 11.4. The molecule has 0 bridgehead atoms. The molecule has 0 saturated heterocycles. The SMILES string of the molecule is Cc1c(-c2cnccn2)cc(C(=O)NCc2ccc(S(C)(=O)=O)cc2)c(=O)n1-c1cccc(C(F)(F)F)c1.[Ar]. The van der Waals surface area contributed by atoms with Crippen LogP contribution in [0.25, 0.3) is 16.9 Å².